The number of aromatic amines is 1. The van der Waals surface area contributed by atoms with Gasteiger partial charge in [0.05, 0.1) is 6.10 Å². The second kappa shape index (κ2) is 7.21. The van der Waals surface area contributed by atoms with Gasteiger partial charge in [-0.3, -0.25) is 14.5 Å². The van der Waals surface area contributed by atoms with Gasteiger partial charge in [-0.05, 0) is 31.9 Å². The summed E-state index contributed by atoms with van der Waals surface area (Å²) in [6.07, 6.45) is 0.718. The van der Waals surface area contributed by atoms with Gasteiger partial charge in [0, 0.05) is 42.3 Å². The molecular weight excluding hydrogens is 332 g/mol. The Morgan fingerprint density at radius 1 is 1.38 bits per heavy atom. The van der Waals surface area contributed by atoms with Crippen LogP contribution in [0.25, 0.3) is 10.9 Å². The Morgan fingerprint density at radius 3 is 2.85 bits per heavy atom. The Morgan fingerprint density at radius 2 is 2.15 bits per heavy atom. The summed E-state index contributed by atoms with van der Waals surface area (Å²) in [5, 5.41) is 20.8. The average Bonchev–Trinajstić information content (AvgIpc) is 2.58. The van der Waals surface area contributed by atoms with Crippen molar-refractivity contribution in [3.05, 3.63) is 45.7 Å². The summed E-state index contributed by atoms with van der Waals surface area (Å²) >= 11 is 0. The van der Waals surface area contributed by atoms with Gasteiger partial charge in [-0.2, -0.15) is 0 Å². The number of aliphatic carboxylic acids is 1. The lowest BCUT2D eigenvalue weighted by Gasteiger charge is -2.43. The minimum Gasteiger partial charge on any atom is -0.481 e. The predicted molar refractivity (Wildman–Crippen MR) is 100 cm³/mol. The Balaban J connectivity index is 1.87. The number of pyridine rings is 1. The van der Waals surface area contributed by atoms with Crippen LogP contribution in [0.15, 0.2) is 29.1 Å². The van der Waals surface area contributed by atoms with Crippen LogP contribution in [-0.2, 0) is 11.3 Å². The van der Waals surface area contributed by atoms with Crippen LogP contribution in [0.2, 0.25) is 0 Å². The number of nitrogens with zero attached hydrogens (tertiary/aromatic N) is 1. The molecular formula is C20H26N2O4. The molecule has 2 heterocycles. The number of aryl methyl sites for hydroxylation is 1. The summed E-state index contributed by atoms with van der Waals surface area (Å²) in [6, 6.07) is 7.31. The quantitative estimate of drug-likeness (QED) is 0.762. The van der Waals surface area contributed by atoms with E-state index in [1.54, 1.807) is 6.07 Å². The van der Waals surface area contributed by atoms with E-state index in [0.717, 1.165) is 16.8 Å². The fourth-order valence-electron chi connectivity index (χ4n) is 4.05. The van der Waals surface area contributed by atoms with Crippen LogP contribution in [0.3, 0.4) is 0 Å². The van der Waals surface area contributed by atoms with Crippen LogP contribution in [0.4, 0.5) is 0 Å². The lowest BCUT2D eigenvalue weighted by atomic mass is 9.74. The first-order valence-electron chi connectivity index (χ1n) is 9.12. The molecule has 6 nitrogen and oxygen atoms in total. The second-order valence-corrected chi connectivity index (χ2v) is 7.43. The molecule has 3 rings (SSSR count). The van der Waals surface area contributed by atoms with E-state index in [9.17, 15) is 19.8 Å². The van der Waals surface area contributed by atoms with Gasteiger partial charge in [0.1, 0.15) is 5.41 Å². The van der Waals surface area contributed by atoms with Crippen molar-refractivity contribution in [1.82, 2.24) is 9.88 Å². The summed E-state index contributed by atoms with van der Waals surface area (Å²) in [5.74, 6) is -0.945. The number of aromatic nitrogens is 1. The molecule has 2 atom stereocenters. The third-order valence-corrected chi connectivity index (χ3v) is 5.42. The van der Waals surface area contributed by atoms with Crippen molar-refractivity contribution in [2.24, 2.45) is 5.41 Å². The maximum absolute atomic E-state index is 12.4. The fraction of sp³-hybridized carbons (Fsp3) is 0.500. The van der Waals surface area contributed by atoms with E-state index >= 15 is 0 Å². The number of hydrogen-bond donors (Lipinski definition) is 3. The molecule has 1 saturated heterocycles. The number of carboxylic acids is 1. The summed E-state index contributed by atoms with van der Waals surface area (Å²) in [7, 11) is 0. The number of aliphatic hydroxyl groups is 1. The maximum Gasteiger partial charge on any atom is 0.313 e. The number of carbonyl (C=O) groups is 1. The number of H-pyrrole nitrogens is 1. The second-order valence-electron chi connectivity index (χ2n) is 7.43. The molecule has 0 bridgehead atoms. The van der Waals surface area contributed by atoms with Crippen molar-refractivity contribution in [1.29, 1.82) is 0 Å². The largest absolute Gasteiger partial charge is 0.481 e. The SMILES string of the molecule is CCC[C@@]1(C(=O)O)CN(Cc2cc(=O)c3cc(C)ccc3[nH]2)CC[C@H]1O. The van der Waals surface area contributed by atoms with Crippen LogP contribution in [0, 0.1) is 12.3 Å². The zero-order valence-corrected chi connectivity index (χ0v) is 15.3. The van der Waals surface area contributed by atoms with Crippen molar-refractivity contribution in [2.75, 3.05) is 13.1 Å². The van der Waals surface area contributed by atoms with Crippen molar-refractivity contribution in [2.45, 2.75) is 45.8 Å². The molecule has 1 aromatic heterocycles. The maximum atomic E-state index is 12.4. The molecule has 0 saturated carbocycles. The highest BCUT2D eigenvalue weighted by Gasteiger charge is 2.48. The van der Waals surface area contributed by atoms with Gasteiger partial charge in [0.15, 0.2) is 5.43 Å². The molecule has 0 spiro atoms. The number of piperidine rings is 1. The Labute approximate surface area is 152 Å². The lowest BCUT2D eigenvalue weighted by Crippen LogP contribution is -2.55. The van der Waals surface area contributed by atoms with Crippen molar-refractivity contribution in [3.63, 3.8) is 0 Å². The zero-order valence-electron chi connectivity index (χ0n) is 15.3. The van der Waals surface area contributed by atoms with Gasteiger partial charge >= 0.3 is 5.97 Å². The third-order valence-electron chi connectivity index (χ3n) is 5.42. The molecule has 140 valence electrons. The molecule has 0 unspecified atom stereocenters. The summed E-state index contributed by atoms with van der Waals surface area (Å²) in [6.45, 7) is 5.23. The average molecular weight is 358 g/mol. The molecule has 26 heavy (non-hydrogen) atoms. The molecule has 1 aliphatic rings. The van der Waals surface area contributed by atoms with Gasteiger partial charge < -0.3 is 15.2 Å². The first kappa shape index (κ1) is 18.6. The number of fused-ring (bicyclic) bond motifs is 1. The minimum absolute atomic E-state index is 0.0347. The first-order chi connectivity index (χ1) is 12.4. The third kappa shape index (κ3) is 3.39. The molecule has 1 fully saturated rings. The molecule has 1 aliphatic heterocycles. The van der Waals surface area contributed by atoms with Gasteiger partial charge in [-0.1, -0.05) is 25.0 Å². The van der Waals surface area contributed by atoms with Crippen molar-refractivity contribution < 1.29 is 15.0 Å². The van der Waals surface area contributed by atoms with E-state index < -0.39 is 17.5 Å². The number of aliphatic hydroxyl groups excluding tert-OH is 1. The molecule has 0 radical (unpaired) electrons. The fourth-order valence-corrected chi connectivity index (χ4v) is 4.05. The molecule has 3 N–H and O–H groups in total. The molecule has 1 aromatic carbocycles. The number of hydrogen-bond acceptors (Lipinski definition) is 4. The van der Waals surface area contributed by atoms with Gasteiger partial charge in [0.2, 0.25) is 0 Å². The predicted octanol–water partition coefficient (Wildman–Crippen LogP) is 2.27. The van der Waals surface area contributed by atoms with E-state index in [1.807, 2.05) is 36.9 Å². The summed E-state index contributed by atoms with van der Waals surface area (Å²) in [5.41, 5.74) is 1.41. The van der Waals surface area contributed by atoms with E-state index in [0.29, 0.717) is 37.7 Å². The monoisotopic (exact) mass is 358 g/mol. The highest BCUT2D eigenvalue weighted by molar-refractivity contribution is 5.79. The molecule has 6 heteroatoms. The van der Waals surface area contributed by atoms with E-state index in [-0.39, 0.29) is 12.0 Å². The highest BCUT2D eigenvalue weighted by atomic mass is 16.4. The van der Waals surface area contributed by atoms with Crippen molar-refractivity contribution >= 4 is 16.9 Å². The van der Waals surface area contributed by atoms with Gasteiger partial charge in [0.25, 0.3) is 0 Å². The Hall–Kier alpha value is -2.18. The number of likely N-dealkylation sites (tertiary alicyclic amines) is 1. The normalized spacial score (nSPS) is 24.0. The molecule has 2 aromatic rings. The number of rotatable bonds is 5. The molecule has 0 amide bonds. The highest BCUT2D eigenvalue weighted by Crippen LogP contribution is 2.36. The van der Waals surface area contributed by atoms with Crippen LogP contribution < -0.4 is 5.43 Å². The van der Waals surface area contributed by atoms with Crippen molar-refractivity contribution in [3.8, 4) is 0 Å². The smallest absolute Gasteiger partial charge is 0.313 e. The summed E-state index contributed by atoms with van der Waals surface area (Å²) < 4.78 is 0. The number of benzene rings is 1. The number of carboxylic acid groups (broad SMARTS) is 1. The summed E-state index contributed by atoms with van der Waals surface area (Å²) in [4.78, 5) is 29.6. The van der Waals surface area contributed by atoms with E-state index in [1.165, 1.54) is 0 Å². The zero-order chi connectivity index (χ0) is 18.9. The van der Waals surface area contributed by atoms with Gasteiger partial charge in [-0.25, -0.2) is 0 Å². The molecule has 0 aliphatic carbocycles. The first-order valence-corrected chi connectivity index (χ1v) is 9.12. The van der Waals surface area contributed by atoms with Crippen LogP contribution >= 0.6 is 0 Å². The van der Waals surface area contributed by atoms with E-state index in [4.69, 9.17) is 0 Å². The van der Waals surface area contributed by atoms with Crippen LogP contribution in [-0.4, -0.2) is 45.3 Å². The number of nitrogens with one attached hydrogen (secondary N) is 1. The van der Waals surface area contributed by atoms with Gasteiger partial charge in [-0.15, -0.1) is 0 Å². The Bertz CT molecular complexity index is 876. The van der Waals surface area contributed by atoms with Crippen LogP contribution in [0.1, 0.15) is 37.4 Å². The van der Waals surface area contributed by atoms with E-state index in [2.05, 4.69) is 4.98 Å². The van der Waals surface area contributed by atoms with Crippen LogP contribution in [0.5, 0.6) is 0 Å². The topological polar surface area (TPSA) is 93.6 Å². The standard InChI is InChI=1S/C20H26N2O4/c1-3-7-20(19(25)26)12-22(8-6-18(20)24)11-14-10-17(23)15-9-13(2)4-5-16(15)21-14/h4-5,9-10,18,24H,3,6-8,11-12H2,1-2H3,(H,21,23)(H,25,26)/t18-,20-/m1/s1. The Kier molecular flexibility index (Phi) is 5.16. The lowest BCUT2D eigenvalue weighted by molar-refractivity contribution is -0.164. The minimum atomic E-state index is -1.14.